The summed E-state index contributed by atoms with van der Waals surface area (Å²) in [7, 11) is 1.72. The topological polar surface area (TPSA) is 62.0 Å². The summed E-state index contributed by atoms with van der Waals surface area (Å²) in [6, 6.07) is 10.6. The number of halogens is 2. The number of hydrogen-bond acceptors (Lipinski definition) is 4. The van der Waals surface area contributed by atoms with Gasteiger partial charge < -0.3 is 19.8 Å². The van der Waals surface area contributed by atoms with E-state index in [1.54, 1.807) is 13.1 Å². The van der Waals surface area contributed by atoms with E-state index < -0.39 is 0 Å². The number of nitrogens with one attached hydrogen (secondary N) is 2. The van der Waals surface area contributed by atoms with Crippen LogP contribution in [0.3, 0.4) is 0 Å². The first kappa shape index (κ1) is 22.6. The molecular weight excluding hydrogens is 474 g/mol. The van der Waals surface area contributed by atoms with Gasteiger partial charge in [0.15, 0.2) is 5.96 Å². The first-order valence-electron chi connectivity index (χ1n) is 9.23. The predicted octanol–water partition coefficient (Wildman–Crippen LogP) is 3.08. The number of benzene rings is 1. The van der Waals surface area contributed by atoms with E-state index in [-0.39, 0.29) is 35.8 Å². The lowest BCUT2D eigenvalue weighted by molar-refractivity contribution is 0.0124. The third-order valence-corrected chi connectivity index (χ3v) is 4.61. The summed E-state index contributed by atoms with van der Waals surface area (Å²) in [6.07, 6.45) is 0. The highest BCUT2D eigenvalue weighted by atomic mass is 127. The SMILES string of the molecule is CN=C(NCc1cccc(F)c1)NCC(c1ccc(C)o1)N1CCOCC1.I. The third-order valence-electron chi connectivity index (χ3n) is 4.61. The number of furan rings is 1. The van der Waals surface area contributed by atoms with E-state index in [9.17, 15) is 4.39 Å². The van der Waals surface area contributed by atoms with Crippen molar-refractivity contribution < 1.29 is 13.5 Å². The van der Waals surface area contributed by atoms with Gasteiger partial charge in [-0.2, -0.15) is 0 Å². The van der Waals surface area contributed by atoms with Crippen LogP contribution in [0, 0.1) is 12.7 Å². The van der Waals surface area contributed by atoms with Crippen LogP contribution in [0.15, 0.2) is 45.8 Å². The summed E-state index contributed by atoms with van der Waals surface area (Å²) in [5, 5.41) is 6.59. The molecule has 28 heavy (non-hydrogen) atoms. The first-order valence-corrected chi connectivity index (χ1v) is 9.23. The number of aliphatic imine (C=N–C) groups is 1. The lowest BCUT2D eigenvalue weighted by atomic mass is 10.1. The van der Waals surface area contributed by atoms with Gasteiger partial charge in [0.25, 0.3) is 0 Å². The zero-order valence-electron chi connectivity index (χ0n) is 16.3. The molecule has 0 saturated carbocycles. The van der Waals surface area contributed by atoms with Crippen molar-refractivity contribution in [1.29, 1.82) is 0 Å². The standard InChI is InChI=1S/C20H27FN4O2.HI/c1-15-6-7-19(27-15)18(25-8-10-26-11-9-25)14-24-20(22-2)23-13-16-4-3-5-17(21)12-16;/h3-7,12,18H,8-11,13-14H2,1-2H3,(H2,22,23,24);1H. The summed E-state index contributed by atoms with van der Waals surface area (Å²) in [4.78, 5) is 6.62. The average molecular weight is 502 g/mol. The summed E-state index contributed by atoms with van der Waals surface area (Å²) >= 11 is 0. The number of guanidine groups is 1. The van der Waals surface area contributed by atoms with E-state index in [1.807, 2.05) is 25.1 Å². The van der Waals surface area contributed by atoms with Crippen molar-refractivity contribution in [3.8, 4) is 0 Å². The first-order chi connectivity index (χ1) is 13.2. The Bertz CT molecular complexity index is 762. The molecule has 1 aliphatic rings. The molecule has 3 rings (SSSR count). The molecule has 0 aliphatic carbocycles. The highest BCUT2D eigenvalue weighted by molar-refractivity contribution is 14.0. The average Bonchev–Trinajstić information content (AvgIpc) is 3.11. The van der Waals surface area contributed by atoms with Gasteiger partial charge in [-0.3, -0.25) is 9.89 Å². The molecule has 2 aromatic rings. The van der Waals surface area contributed by atoms with E-state index in [1.165, 1.54) is 12.1 Å². The Balaban J connectivity index is 0.00000280. The number of ether oxygens (including phenoxy) is 1. The maximum atomic E-state index is 13.3. The quantitative estimate of drug-likeness (QED) is 0.361. The second-order valence-corrected chi connectivity index (χ2v) is 6.55. The Kier molecular flexibility index (Phi) is 9.20. The zero-order chi connectivity index (χ0) is 19.1. The third kappa shape index (κ3) is 6.46. The molecule has 154 valence electrons. The van der Waals surface area contributed by atoms with Gasteiger partial charge in [0, 0.05) is 33.2 Å². The molecule has 0 spiro atoms. The minimum absolute atomic E-state index is 0. The lowest BCUT2D eigenvalue weighted by Gasteiger charge is -2.33. The van der Waals surface area contributed by atoms with Crippen molar-refractivity contribution in [3.63, 3.8) is 0 Å². The monoisotopic (exact) mass is 502 g/mol. The molecule has 1 aromatic heterocycles. The Morgan fingerprint density at radius 2 is 2.00 bits per heavy atom. The van der Waals surface area contributed by atoms with Gasteiger partial charge >= 0.3 is 0 Å². The zero-order valence-corrected chi connectivity index (χ0v) is 18.6. The van der Waals surface area contributed by atoms with Gasteiger partial charge in [-0.05, 0) is 36.8 Å². The maximum Gasteiger partial charge on any atom is 0.191 e. The van der Waals surface area contributed by atoms with Gasteiger partial charge in [-0.25, -0.2) is 4.39 Å². The van der Waals surface area contributed by atoms with E-state index in [2.05, 4.69) is 20.5 Å². The Morgan fingerprint density at radius 1 is 1.21 bits per heavy atom. The molecule has 6 nitrogen and oxygen atoms in total. The fraction of sp³-hybridized carbons (Fsp3) is 0.450. The normalized spacial score (nSPS) is 16.3. The number of rotatable bonds is 6. The van der Waals surface area contributed by atoms with E-state index >= 15 is 0 Å². The fourth-order valence-electron chi connectivity index (χ4n) is 3.18. The fourth-order valence-corrected chi connectivity index (χ4v) is 3.18. The second-order valence-electron chi connectivity index (χ2n) is 6.55. The molecule has 2 heterocycles. The number of aryl methyl sites for hydroxylation is 1. The predicted molar refractivity (Wildman–Crippen MR) is 119 cm³/mol. The minimum atomic E-state index is -0.238. The molecule has 1 aromatic carbocycles. The van der Waals surface area contributed by atoms with Crippen LogP contribution >= 0.6 is 24.0 Å². The van der Waals surface area contributed by atoms with E-state index in [4.69, 9.17) is 9.15 Å². The smallest absolute Gasteiger partial charge is 0.191 e. The summed E-state index contributed by atoms with van der Waals surface area (Å²) in [6.45, 7) is 6.27. The molecular formula is C20H28FIN4O2. The summed E-state index contributed by atoms with van der Waals surface area (Å²) in [5.41, 5.74) is 0.865. The van der Waals surface area contributed by atoms with Crippen LogP contribution in [-0.4, -0.2) is 50.8 Å². The summed E-state index contributed by atoms with van der Waals surface area (Å²) in [5.74, 6) is 2.26. The van der Waals surface area contributed by atoms with Crippen LogP contribution in [0.2, 0.25) is 0 Å². The van der Waals surface area contributed by atoms with Crippen LogP contribution in [-0.2, 0) is 11.3 Å². The highest BCUT2D eigenvalue weighted by Gasteiger charge is 2.25. The molecule has 2 N–H and O–H groups in total. The van der Waals surface area contributed by atoms with Crippen LogP contribution in [0.1, 0.15) is 23.1 Å². The number of hydrogen-bond donors (Lipinski definition) is 2. The van der Waals surface area contributed by atoms with Crippen LogP contribution in [0.5, 0.6) is 0 Å². The maximum absolute atomic E-state index is 13.3. The molecule has 1 atom stereocenters. The molecule has 1 unspecified atom stereocenters. The van der Waals surface area contributed by atoms with Gasteiger partial charge in [-0.1, -0.05) is 12.1 Å². The molecule has 0 amide bonds. The molecule has 1 aliphatic heterocycles. The van der Waals surface area contributed by atoms with E-state index in [0.29, 0.717) is 19.0 Å². The second kappa shape index (κ2) is 11.4. The van der Waals surface area contributed by atoms with Crippen molar-refractivity contribution in [1.82, 2.24) is 15.5 Å². The molecule has 0 radical (unpaired) electrons. The lowest BCUT2D eigenvalue weighted by Crippen LogP contribution is -2.46. The van der Waals surface area contributed by atoms with Gasteiger partial charge in [0.05, 0.1) is 19.3 Å². The Labute approximate surface area is 182 Å². The number of morpholine rings is 1. The molecule has 8 heteroatoms. The minimum Gasteiger partial charge on any atom is -0.465 e. The van der Waals surface area contributed by atoms with Crippen molar-refractivity contribution in [2.24, 2.45) is 4.99 Å². The van der Waals surface area contributed by atoms with Crippen molar-refractivity contribution in [2.75, 3.05) is 39.9 Å². The number of nitrogens with zero attached hydrogens (tertiary/aromatic N) is 2. The van der Waals surface area contributed by atoms with Crippen molar-refractivity contribution >= 4 is 29.9 Å². The van der Waals surface area contributed by atoms with Crippen molar-refractivity contribution in [3.05, 3.63) is 59.3 Å². The Hall–Kier alpha value is -1.65. The van der Waals surface area contributed by atoms with Crippen LogP contribution < -0.4 is 10.6 Å². The van der Waals surface area contributed by atoms with E-state index in [0.717, 1.165) is 43.4 Å². The van der Waals surface area contributed by atoms with Gasteiger partial charge in [0.2, 0.25) is 0 Å². The van der Waals surface area contributed by atoms with Gasteiger partial charge in [-0.15, -0.1) is 24.0 Å². The summed E-state index contributed by atoms with van der Waals surface area (Å²) < 4.78 is 24.7. The van der Waals surface area contributed by atoms with Gasteiger partial charge in [0.1, 0.15) is 17.3 Å². The van der Waals surface area contributed by atoms with Crippen molar-refractivity contribution in [2.45, 2.75) is 19.5 Å². The molecule has 1 fully saturated rings. The highest BCUT2D eigenvalue weighted by Crippen LogP contribution is 2.23. The largest absolute Gasteiger partial charge is 0.465 e. The molecule has 1 saturated heterocycles. The van der Waals surface area contributed by atoms with Crippen LogP contribution in [0.4, 0.5) is 4.39 Å². The molecule has 0 bridgehead atoms. The Morgan fingerprint density at radius 3 is 2.64 bits per heavy atom. The van der Waals surface area contributed by atoms with Crippen LogP contribution in [0.25, 0.3) is 0 Å².